The zero-order valence-electron chi connectivity index (χ0n) is 10.6. The zero-order valence-corrected chi connectivity index (χ0v) is 11.4. The predicted molar refractivity (Wildman–Crippen MR) is 71.5 cm³/mol. The standard InChI is InChI=1S/C14H25NS/c1-8-3-5-10-11-6-4-9(2)13(15)14(11)16-12(10)7-8/h8-14H,3-7,15H2,1-2H3. The first kappa shape index (κ1) is 11.4. The molecule has 0 bridgehead atoms. The van der Waals surface area contributed by atoms with Gasteiger partial charge in [-0.2, -0.15) is 11.8 Å². The molecule has 7 atom stereocenters. The van der Waals surface area contributed by atoms with E-state index in [1.807, 2.05) is 0 Å². The number of thioether (sulfide) groups is 1. The van der Waals surface area contributed by atoms with Gasteiger partial charge in [-0.1, -0.05) is 20.3 Å². The van der Waals surface area contributed by atoms with Gasteiger partial charge in [0.15, 0.2) is 0 Å². The van der Waals surface area contributed by atoms with Gasteiger partial charge in [0, 0.05) is 16.5 Å². The molecule has 92 valence electrons. The Morgan fingerprint density at radius 2 is 1.75 bits per heavy atom. The van der Waals surface area contributed by atoms with E-state index in [1.165, 1.54) is 32.1 Å². The lowest BCUT2D eigenvalue weighted by atomic mass is 9.68. The molecular formula is C14H25NS. The van der Waals surface area contributed by atoms with Crippen LogP contribution < -0.4 is 5.73 Å². The van der Waals surface area contributed by atoms with Crippen LogP contribution in [-0.4, -0.2) is 16.5 Å². The van der Waals surface area contributed by atoms with E-state index < -0.39 is 0 Å². The second-order valence-corrected chi connectivity index (χ2v) is 7.94. The first-order chi connectivity index (χ1) is 7.66. The summed E-state index contributed by atoms with van der Waals surface area (Å²) in [6.45, 7) is 4.79. The highest BCUT2D eigenvalue weighted by molar-refractivity contribution is 8.00. The van der Waals surface area contributed by atoms with Crippen LogP contribution in [0.3, 0.4) is 0 Å². The Morgan fingerprint density at radius 3 is 2.56 bits per heavy atom. The normalized spacial score (nSPS) is 56.8. The van der Waals surface area contributed by atoms with E-state index in [4.69, 9.17) is 5.73 Å². The Kier molecular flexibility index (Phi) is 3.00. The maximum Gasteiger partial charge on any atom is 0.0235 e. The van der Waals surface area contributed by atoms with Crippen LogP contribution >= 0.6 is 11.8 Å². The Bertz CT molecular complexity index is 267. The van der Waals surface area contributed by atoms with Gasteiger partial charge in [-0.3, -0.25) is 0 Å². The maximum atomic E-state index is 6.43. The zero-order chi connectivity index (χ0) is 11.3. The summed E-state index contributed by atoms with van der Waals surface area (Å²) < 4.78 is 0. The van der Waals surface area contributed by atoms with Crippen molar-refractivity contribution in [1.29, 1.82) is 0 Å². The molecule has 1 nitrogen and oxygen atoms in total. The van der Waals surface area contributed by atoms with E-state index in [0.29, 0.717) is 6.04 Å². The second kappa shape index (κ2) is 4.20. The third-order valence-electron chi connectivity index (χ3n) is 5.40. The molecule has 2 aliphatic carbocycles. The molecule has 1 aliphatic heterocycles. The third-order valence-corrected chi connectivity index (χ3v) is 7.27. The van der Waals surface area contributed by atoms with Gasteiger partial charge in [0.05, 0.1) is 0 Å². The van der Waals surface area contributed by atoms with Crippen molar-refractivity contribution in [2.24, 2.45) is 29.4 Å². The fourth-order valence-corrected chi connectivity index (χ4v) is 6.64. The highest BCUT2D eigenvalue weighted by Gasteiger charge is 2.50. The smallest absolute Gasteiger partial charge is 0.0235 e. The van der Waals surface area contributed by atoms with E-state index >= 15 is 0 Å². The summed E-state index contributed by atoms with van der Waals surface area (Å²) >= 11 is 2.27. The molecule has 7 unspecified atom stereocenters. The molecule has 1 heterocycles. The van der Waals surface area contributed by atoms with Crippen LogP contribution in [0.2, 0.25) is 0 Å². The highest BCUT2D eigenvalue weighted by atomic mass is 32.2. The average molecular weight is 239 g/mol. The van der Waals surface area contributed by atoms with Gasteiger partial charge in [0.25, 0.3) is 0 Å². The summed E-state index contributed by atoms with van der Waals surface area (Å²) in [6, 6.07) is 0.477. The van der Waals surface area contributed by atoms with Crippen molar-refractivity contribution in [2.75, 3.05) is 0 Å². The number of nitrogens with two attached hydrogens (primary N) is 1. The number of hydrogen-bond acceptors (Lipinski definition) is 2. The minimum Gasteiger partial charge on any atom is -0.326 e. The van der Waals surface area contributed by atoms with Crippen molar-refractivity contribution in [2.45, 2.75) is 62.5 Å². The topological polar surface area (TPSA) is 26.0 Å². The molecule has 1 saturated heterocycles. The summed E-state index contributed by atoms with van der Waals surface area (Å²) in [7, 11) is 0. The maximum absolute atomic E-state index is 6.43. The molecule has 3 fully saturated rings. The molecule has 2 N–H and O–H groups in total. The van der Waals surface area contributed by atoms with Crippen LogP contribution in [0.15, 0.2) is 0 Å². The number of fused-ring (bicyclic) bond motifs is 3. The minimum absolute atomic E-state index is 0.477. The van der Waals surface area contributed by atoms with Crippen LogP contribution in [0.25, 0.3) is 0 Å². The van der Waals surface area contributed by atoms with E-state index in [1.54, 1.807) is 0 Å². The number of rotatable bonds is 0. The van der Waals surface area contributed by atoms with E-state index in [0.717, 1.165) is 34.2 Å². The molecule has 0 spiro atoms. The van der Waals surface area contributed by atoms with Gasteiger partial charge < -0.3 is 5.73 Å². The Balaban J connectivity index is 1.77. The first-order valence-electron chi connectivity index (χ1n) is 7.08. The van der Waals surface area contributed by atoms with Crippen molar-refractivity contribution >= 4 is 11.8 Å². The van der Waals surface area contributed by atoms with Crippen molar-refractivity contribution in [3.8, 4) is 0 Å². The van der Waals surface area contributed by atoms with Crippen molar-refractivity contribution in [1.82, 2.24) is 0 Å². The highest BCUT2D eigenvalue weighted by Crippen LogP contribution is 2.55. The Morgan fingerprint density at radius 1 is 1.00 bits per heavy atom. The van der Waals surface area contributed by atoms with Crippen molar-refractivity contribution in [3.63, 3.8) is 0 Å². The number of hydrogen-bond donors (Lipinski definition) is 1. The summed E-state index contributed by atoms with van der Waals surface area (Å²) in [4.78, 5) is 0. The molecule has 2 saturated carbocycles. The molecular weight excluding hydrogens is 214 g/mol. The first-order valence-corrected chi connectivity index (χ1v) is 8.02. The second-order valence-electron chi connectivity index (χ2n) is 6.52. The van der Waals surface area contributed by atoms with E-state index in [2.05, 4.69) is 25.6 Å². The molecule has 3 aliphatic rings. The molecule has 0 amide bonds. The van der Waals surface area contributed by atoms with Crippen LogP contribution in [0.5, 0.6) is 0 Å². The van der Waals surface area contributed by atoms with Gasteiger partial charge in [-0.15, -0.1) is 0 Å². The van der Waals surface area contributed by atoms with Gasteiger partial charge >= 0.3 is 0 Å². The lowest BCUT2D eigenvalue weighted by Gasteiger charge is -2.38. The van der Waals surface area contributed by atoms with Gasteiger partial charge in [-0.25, -0.2) is 0 Å². The lowest BCUT2D eigenvalue weighted by Crippen LogP contribution is -2.45. The Labute approximate surface area is 104 Å². The quantitative estimate of drug-likeness (QED) is 0.702. The minimum atomic E-state index is 0.477. The molecule has 0 aromatic carbocycles. The summed E-state index contributed by atoms with van der Waals surface area (Å²) in [6.07, 6.45) is 7.25. The summed E-state index contributed by atoms with van der Waals surface area (Å²) in [5.74, 6) is 3.70. The SMILES string of the molecule is CC1CCC2C(C1)SC1C(N)C(C)CCC21. The van der Waals surface area contributed by atoms with E-state index in [9.17, 15) is 0 Å². The fourth-order valence-electron chi connectivity index (χ4n) is 4.27. The summed E-state index contributed by atoms with van der Waals surface area (Å²) in [5.41, 5.74) is 6.43. The predicted octanol–water partition coefficient (Wildman–Crippen LogP) is 3.28. The van der Waals surface area contributed by atoms with Crippen molar-refractivity contribution < 1.29 is 0 Å². The third kappa shape index (κ3) is 1.73. The van der Waals surface area contributed by atoms with Crippen LogP contribution in [0.4, 0.5) is 0 Å². The molecule has 2 heteroatoms. The van der Waals surface area contributed by atoms with Crippen LogP contribution in [-0.2, 0) is 0 Å². The molecule has 0 radical (unpaired) electrons. The fraction of sp³-hybridized carbons (Fsp3) is 1.00. The van der Waals surface area contributed by atoms with Gasteiger partial charge in [0.2, 0.25) is 0 Å². The van der Waals surface area contributed by atoms with E-state index in [-0.39, 0.29) is 0 Å². The lowest BCUT2D eigenvalue weighted by molar-refractivity contribution is 0.172. The summed E-state index contributed by atoms with van der Waals surface area (Å²) in [5, 5.41) is 1.75. The molecule has 16 heavy (non-hydrogen) atoms. The van der Waals surface area contributed by atoms with Gasteiger partial charge in [-0.05, 0) is 49.4 Å². The average Bonchev–Trinajstić information content (AvgIpc) is 2.62. The monoisotopic (exact) mass is 239 g/mol. The molecule has 3 rings (SSSR count). The molecule has 0 aromatic rings. The van der Waals surface area contributed by atoms with Gasteiger partial charge in [0.1, 0.15) is 0 Å². The van der Waals surface area contributed by atoms with Crippen molar-refractivity contribution in [3.05, 3.63) is 0 Å². The molecule has 0 aromatic heterocycles. The Hall–Kier alpha value is 0.310. The van der Waals surface area contributed by atoms with Crippen LogP contribution in [0, 0.1) is 23.7 Å². The van der Waals surface area contributed by atoms with Crippen LogP contribution in [0.1, 0.15) is 46.0 Å². The largest absolute Gasteiger partial charge is 0.326 e.